The lowest BCUT2D eigenvalue weighted by Crippen LogP contribution is -2.29. The highest BCUT2D eigenvalue weighted by atomic mass is 32.2. The summed E-state index contributed by atoms with van der Waals surface area (Å²) >= 11 is 0. The SMILES string of the molecule is Cc1ccc2nc(N3CCS(=O)(=O)c4ccccc4C3)cc(NC3CCOCC3)c2c1. The van der Waals surface area contributed by atoms with Gasteiger partial charge in [0.15, 0.2) is 9.84 Å². The van der Waals surface area contributed by atoms with Crippen molar-refractivity contribution in [2.75, 3.05) is 35.7 Å². The number of nitrogens with one attached hydrogen (secondary N) is 1. The molecule has 5 rings (SSSR count). The molecule has 0 spiro atoms. The fourth-order valence-electron chi connectivity index (χ4n) is 4.43. The first-order valence-corrected chi connectivity index (χ1v) is 12.5. The molecule has 1 aromatic heterocycles. The Labute approximate surface area is 183 Å². The maximum atomic E-state index is 12.8. The van der Waals surface area contributed by atoms with Crippen molar-refractivity contribution in [1.29, 1.82) is 0 Å². The van der Waals surface area contributed by atoms with E-state index in [-0.39, 0.29) is 5.75 Å². The molecule has 1 saturated heterocycles. The van der Waals surface area contributed by atoms with E-state index in [0.29, 0.717) is 24.0 Å². The third-order valence-electron chi connectivity index (χ3n) is 6.15. The van der Waals surface area contributed by atoms with Crippen LogP contribution >= 0.6 is 0 Å². The molecule has 162 valence electrons. The first-order valence-electron chi connectivity index (χ1n) is 10.8. The molecule has 0 amide bonds. The summed E-state index contributed by atoms with van der Waals surface area (Å²) in [5.41, 5.74) is 3.98. The number of nitrogens with zero attached hydrogens (tertiary/aromatic N) is 2. The molecule has 2 aliphatic heterocycles. The van der Waals surface area contributed by atoms with Gasteiger partial charge in [0.1, 0.15) is 5.82 Å². The molecule has 3 heterocycles. The molecule has 0 atom stereocenters. The smallest absolute Gasteiger partial charge is 0.180 e. The van der Waals surface area contributed by atoms with Crippen LogP contribution in [0.25, 0.3) is 10.9 Å². The predicted octanol–water partition coefficient (Wildman–Crippen LogP) is 3.93. The molecule has 1 N–H and O–H groups in total. The number of hydrogen-bond donors (Lipinski definition) is 1. The number of rotatable bonds is 3. The van der Waals surface area contributed by atoms with E-state index in [2.05, 4.69) is 35.3 Å². The molecule has 1 fully saturated rings. The van der Waals surface area contributed by atoms with Crippen LogP contribution < -0.4 is 10.2 Å². The van der Waals surface area contributed by atoms with E-state index >= 15 is 0 Å². The standard InChI is InChI=1S/C24H27N3O3S/c1-17-6-7-21-20(14-17)22(25-19-8-11-30-12-9-19)15-24(26-21)27-10-13-31(28,29)23-5-3-2-4-18(23)16-27/h2-7,14-15,19H,8-13,16H2,1H3,(H,25,26). The number of anilines is 2. The van der Waals surface area contributed by atoms with Gasteiger partial charge in [-0.2, -0.15) is 0 Å². The van der Waals surface area contributed by atoms with Gasteiger partial charge in [-0.3, -0.25) is 0 Å². The van der Waals surface area contributed by atoms with Gasteiger partial charge >= 0.3 is 0 Å². The second-order valence-electron chi connectivity index (χ2n) is 8.43. The molecular formula is C24H27N3O3S. The van der Waals surface area contributed by atoms with E-state index in [0.717, 1.165) is 54.0 Å². The van der Waals surface area contributed by atoms with E-state index in [4.69, 9.17) is 9.72 Å². The third-order valence-corrected chi connectivity index (χ3v) is 7.94. The van der Waals surface area contributed by atoms with Crippen LogP contribution in [-0.4, -0.2) is 45.0 Å². The van der Waals surface area contributed by atoms with Crippen molar-refractivity contribution in [3.8, 4) is 0 Å². The largest absolute Gasteiger partial charge is 0.381 e. The third kappa shape index (κ3) is 4.12. The van der Waals surface area contributed by atoms with E-state index in [1.807, 2.05) is 18.2 Å². The van der Waals surface area contributed by atoms with E-state index < -0.39 is 9.84 Å². The molecule has 0 radical (unpaired) electrons. The quantitative estimate of drug-likeness (QED) is 0.670. The maximum absolute atomic E-state index is 12.8. The number of aromatic nitrogens is 1. The first-order chi connectivity index (χ1) is 15.0. The molecule has 0 aliphatic carbocycles. The average Bonchev–Trinajstić information content (AvgIpc) is 2.91. The van der Waals surface area contributed by atoms with Gasteiger partial charge in [-0.25, -0.2) is 13.4 Å². The Balaban J connectivity index is 1.56. The lowest BCUT2D eigenvalue weighted by atomic mass is 10.1. The fraction of sp³-hybridized carbons (Fsp3) is 0.375. The van der Waals surface area contributed by atoms with E-state index in [1.165, 1.54) is 5.56 Å². The zero-order valence-electron chi connectivity index (χ0n) is 17.7. The zero-order valence-corrected chi connectivity index (χ0v) is 18.5. The van der Waals surface area contributed by atoms with E-state index in [9.17, 15) is 8.42 Å². The van der Waals surface area contributed by atoms with Gasteiger partial charge < -0.3 is 15.0 Å². The van der Waals surface area contributed by atoms with Crippen molar-refractivity contribution in [2.24, 2.45) is 0 Å². The van der Waals surface area contributed by atoms with Crippen LogP contribution in [0.1, 0.15) is 24.0 Å². The van der Waals surface area contributed by atoms with Crippen molar-refractivity contribution in [1.82, 2.24) is 4.98 Å². The Kier molecular flexibility index (Phi) is 5.32. The number of fused-ring (bicyclic) bond motifs is 2. The normalized spacial score (nSPS) is 19.1. The number of hydrogen-bond acceptors (Lipinski definition) is 6. The average molecular weight is 438 g/mol. The molecule has 0 unspecified atom stereocenters. The van der Waals surface area contributed by atoms with Gasteiger partial charge in [0.05, 0.1) is 16.2 Å². The Morgan fingerprint density at radius 3 is 2.74 bits per heavy atom. The minimum absolute atomic E-state index is 0.0837. The van der Waals surface area contributed by atoms with Crippen LogP contribution in [0.4, 0.5) is 11.5 Å². The van der Waals surface area contributed by atoms with Gasteiger partial charge in [0.25, 0.3) is 0 Å². The number of pyridine rings is 1. The molecule has 31 heavy (non-hydrogen) atoms. The molecule has 0 saturated carbocycles. The van der Waals surface area contributed by atoms with Crippen molar-refractivity contribution >= 4 is 32.2 Å². The van der Waals surface area contributed by atoms with Crippen molar-refractivity contribution < 1.29 is 13.2 Å². The highest BCUT2D eigenvalue weighted by Gasteiger charge is 2.26. The molecule has 2 aromatic carbocycles. The van der Waals surface area contributed by atoms with Crippen molar-refractivity contribution in [3.63, 3.8) is 0 Å². The zero-order chi connectivity index (χ0) is 21.4. The van der Waals surface area contributed by atoms with Crippen LogP contribution in [0, 0.1) is 6.92 Å². The lowest BCUT2D eigenvalue weighted by Gasteiger charge is -2.27. The molecule has 2 aliphatic rings. The summed E-state index contributed by atoms with van der Waals surface area (Å²) < 4.78 is 31.1. The minimum atomic E-state index is -3.30. The summed E-state index contributed by atoms with van der Waals surface area (Å²) in [5.74, 6) is 0.887. The highest BCUT2D eigenvalue weighted by molar-refractivity contribution is 7.91. The summed E-state index contributed by atoms with van der Waals surface area (Å²) in [6, 6.07) is 16.0. The van der Waals surface area contributed by atoms with Crippen LogP contribution in [0.15, 0.2) is 53.4 Å². The van der Waals surface area contributed by atoms with Crippen molar-refractivity contribution in [2.45, 2.75) is 37.2 Å². The highest BCUT2D eigenvalue weighted by Crippen LogP contribution is 2.32. The fourth-order valence-corrected chi connectivity index (χ4v) is 5.93. The summed E-state index contributed by atoms with van der Waals surface area (Å²) in [4.78, 5) is 7.44. The molecule has 6 nitrogen and oxygen atoms in total. The van der Waals surface area contributed by atoms with Crippen LogP contribution in [0.3, 0.4) is 0 Å². The van der Waals surface area contributed by atoms with Crippen LogP contribution in [0.2, 0.25) is 0 Å². The Hall–Kier alpha value is -2.64. The monoisotopic (exact) mass is 437 g/mol. The van der Waals surface area contributed by atoms with Crippen molar-refractivity contribution in [3.05, 3.63) is 59.7 Å². The molecule has 7 heteroatoms. The molecular weight excluding hydrogens is 410 g/mol. The lowest BCUT2D eigenvalue weighted by molar-refractivity contribution is 0.0905. The van der Waals surface area contributed by atoms with Gasteiger partial charge in [-0.15, -0.1) is 0 Å². The number of aryl methyl sites for hydroxylation is 1. The maximum Gasteiger partial charge on any atom is 0.180 e. The number of ether oxygens (including phenoxy) is 1. The molecule has 3 aromatic rings. The second kappa shape index (κ2) is 8.13. The first kappa shape index (κ1) is 20.3. The number of benzene rings is 2. The summed E-state index contributed by atoms with van der Waals surface area (Å²) in [7, 11) is -3.30. The van der Waals surface area contributed by atoms with Gasteiger partial charge in [-0.1, -0.05) is 29.8 Å². The number of sulfone groups is 1. The molecule has 0 bridgehead atoms. The van der Waals surface area contributed by atoms with E-state index in [1.54, 1.807) is 12.1 Å². The van der Waals surface area contributed by atoms with Gasteiger partial charge in [0.2, 0.25) is 0 Å². The van der Waals surface area contributed by atoms with Gasteiger partial charge in [-0.05, 0) is 43.5 Å². The van der Waals surface area contributed by atoms with Crippen LogP contribution in [-0.2, 0) is 21.1 Å². The Morgan fingerprint density at radius 1 is 1.10 bits per heavy atom. The summed E-state index contributed by atoms with van der Waals surface area (Å²) in [6.07, 6.45) is 1.95. The minimum Gasteiger partial charge on any atom is -0.381 e. The Morgan fingerprint density at radius 2 is 1.90 bits per heavy atom. The van der Waals surface area contributed by atoms with Crippen LogP contribution in [0.5, 0.6) is 0 Å². The summed E-state index contributed by atoms with van der Waals surface area (Å²) in [5, 5.41) is 4.81. The summed E-state index contributed by atoms with van der Waals surface area (Å²) in [6.45, 7) is 4.57. The van der Waals surface area contributed by atoms with Gasteiger partial charge in [0, 0.05) is 49.5 Å². The topological polar surface area (TPSA) is 71.5 Å². The predicted molar refractivity (Wildman–Crippen MR) is 123 cm³/mol. The Bertz CT molecular complexity index is 1220. The second-order valence-corrected chi connectivity index (χ2v) is 10.5.